The van der Waals surface area contributed by atoms with Crippen LogP contribution >= 0.6 is 0 Å². The van der Waals surface area contributed by atoms with Gasteiger partial charge in [-0.2, -0.15) is 0 Å². The zero-order valence-electron chi connectivity index (χ0n) is 10.1. The van der Waals surface area contributed by atoms with Gasteiger partial charge in [0.15, 0.2) is 0 Å². The molecule has 17 heavy (non-hydrogen) atoms. The van der Waals surface area contributed by atoms with E-state index in [4.69, 9.17) is 14.3 Å². The molecule has 1 heterocycles. The first-order valence-electron chi connectivity index (χ1n) is 6.07. The molecule has 1 N–H and O–H groups in total. The number of rotatable bonds is 6. The normalized spacial score (nSPS) is 15.8. The summed E-state index contributed by atoms with van der Waals surface area (Å²) in [5, 5.41) is 8.83. The highest BCUT2D eigenvalue weighted by Crippen LogP contribution is 2.29. The molecule has 1 fully saturated rings. The van der Waals surface area contributed by atoms with E-state index in [1.54, 1.807) is 13.0 Å². The second kappa shape index (κ2) is 5.36. The molecule has 2 rings (SSSR count). The molecule has 94 valence electrons. The summed E-state index contributed by atoms with van der Waals surface area (Å²) in [6.07, 6.45) is 5.11. The first-order chi connectivity index (χ1) is 8.16. The molecule has 0 radical (unpaired) electrons. The van der Waals surface area contributed by atoms with E-state index in [9.17, 15) is 4.79 Å². The molecule has 4 nitrogen and oxygen atoms in total. The average molecular weight is 238 g/mol. The summed E-state index contributed by atoms with van der Waals surface area (Å²) < 4.78 is 10.7. The van der Waals surface area contributed by atoms with E-state index >= 15 is 0 Å². The predicted molar refractivity (Wildman–Crippen MR) is 62.0 cm³/mol. The second-order valence-corrected chi connectivity index (χ2v) is 4.67. The van der Waals surface area contributed by atoms with E-state index < -0.39 is 5.97 Å². The summed E-state index contributed by atoms with van der Waals surface area (Å²) in [4.78, 5) is 10.8. The second-order valence-electron chi connectivity index (χ2n) is 4.67. The maximum absolute atomic E-state index is 10.8. The van der Waals surface area contributed by atoms with Crippen molar-refractivity contribution in [2.75, 3.05) is 6.61 Å². The van der Waals surface area contributed by atoms with Gasteiger partial charge in [-0.1, -0.05) is 19.3 Å². The molecule has 1 aromatic rings. The summed E-state index contributed by atoms with van der Waals surface area (Å²) >= 11 is 0. The van der Waals surface area contributed by atoms with Crippen molar-refractivity contribution in [3.05, 3.63) is 23.2 Å². The van der Waals surface area contributed by atoms with Gasteiger partial charge in [0, 0.05) is 12.2 Å². The third-order valence-corrected chi connectivity index (χ3v) is 3.30. The van der Waals surface area contributed by atoms with Gasteiger partial charge in [0.1, 0.15) is 12.4 Å². The van der Waals surface area contributed by atoms with Crippen LogP contribution in [0, 0.1) is 12.8 Å². The SMILES string of the molecule is Cc1cc(COCCC2CCC2)oc1C(=O)O. The summed E-state index contributed by atoms with van der Waals surface area (Å²) in [6.45, 7) is 2.82. The molecule has 0 aliphatic heterocycles. The van der Waals surface area contributed by atoms with Crippen molar-refractivity contribution in [2.24, 2.45) is 5.92 Å². The largest absolute Gasteiger partial charge is 0.475 e. The molecular formula is C13H18O4. The van der Waals surface area contributed by atoms with Gasteiger partial charge < -0.3 is 14.3 Å². The molecule has 0 bridgehead atoms. The number of hydrogen-bond acceptors (Lipinski definition) is 3. The van der Waals surface area contributed by atoms with Crippen LogP contribution in [0.15, 0.2) is 10.5 Å². The molecule has 4 heteroatoms. The highest BCUT2D eigenvalue weighted by atomic mass is 16.5. The van der Waals surface area contributed by atoms with Gasteiger partial charge in [0.05, 0.1) is 0 Å². The van der Waals surface area contributed by atoms with Crippen LogP contribution in [0.5, 0.6) is 0 Å². The Hall–Kier alpha value is -1.29. The van der Waals surface area contributed by atoms with Crippen molar-refractivity contribution in [2.45, 2.75) is 39.2 Å². The van der Waals surface area contributed by atoms with E-state index in [2.05, 4.69) is 0 Å². The molecule has 0 unspecified atom stereocenters. The highest BCUT2D eigenvalue weighted by molar-refractivity contribution is 5.86. The lowest BCUT2D eigenvalue weighted by Gasteiger charge is -2.24. The van der Waals surface area contributed by atoms with Crippen molar-refractivity contribution < 1.29 is 19.1 Å². The summed E-state index contributed by atoms with van der Waals surface area (Å²) in [5.41, 5.74) is 0.648. The topological polar surface area (TPSA) is 59.7 Å². The molecule has 0 atom stereocenters. The number of carboxylic acid groups (broad SMARTS) is 1. The van der Waals surface area contributed by atoms with Crippen LogP contribution in [-0.2, 0) is 11.3 Å². The predicted octanol–water partition coefficient (Wildman–Crippen LogP) is 2.99. The Morgan fingerprint density at radius 3 is 2.88 bits per heavy atom. The zero-order chi connectivity index (χ0) is 12.3. The fourth-order valence-corrected chi connectivity index (χ4v) is 2.04. The fraction of sp³-hybridized carbons (Fsp3) is 0.615. The fourth-order valence-electron chi connectivity index (χ4n) is 2.04. The Labute approximate surface area is 101 Å². The first-order valence-corrected chi connectivity index (χ1v) is 6.07. The van der Waals surface area contributed by atoms with Crippen molar-refractivity contribution in [3.63, 3.8) is 0 Å². The molecule has 0 aromatic carbocycles. The Morgan fingerprint density at radius 2 is 2.35 bits per heavy atom. The van der Waals surface area contributed by atoms with E-state index in [0.717, 1.165) is 18.9 Å². The van der Waals surface area contributed by atoms with Crippen molar-refractivity contribution in [3.8, 4) is 0 Å². The molecule has 1 aliphatic carbocycles. The van der Waals surface area contributed by atoms with Crippen LogP contribution in [0.25, 0.3) is 0 Å². The standard InChI is InChI=1S/C13H18O4/c1-9-7-11(17-12(9)13(14)15)8-16-6-5-10-3-2-4-10/h7,10H,2-6,8H2,1H3,(H,14,15). The smallest absolute Gasteiger partial charge is 0.372 e. The zero-order valence-corrected chi connectivity index (χ0v) is 10.1. The number of carboxylic acids is 1. The van der Waals surface area contributed by atoms with Gasteiger partial charge in [0.25, 0.3) is 0 Å². The lowest BCUT2D eigenvalue weighted by atomic mass is 9.83. The van der Waals surface area contributed by atoms with Crippen LogP contribution < -0.4 is 0 Å². The lowest BCUT2D eigenvalue weighted by molar-refractivity contribution is 0.0635. The van der Waals surface area contributed by atoms with E-state index in [1.165, 1.54) is 19.3 Å². The van der Waals surface area contributed by atoms with Crippen LogP contribution in [-0.4, -0.2) is 17.7 Å². The minimum Gasteiger partial charge on any atom is -0.475 e. The Bertz CT molecular complexity index is 390. The maximum atomic E-state index is 10.8. The molecule has 1 saturated carbocycles. The van der Waals surface area contributed by atoms with Gasteiger partial charge in [0.2, 0.25) is 5.76 Å². The monoisotopic (exact) mass is 238 g/mol. The van der Waals surface area contributed by atoms with Crippen LogP contribution in [0.3, 0.4) is 0 Å². The number of aryl methyl sites for hydroxylation is 1. The van der Waals surface area contributed by atoms with Gasteiger partial charge in [-0.25, -0.2) is 4.79 Å². The van der Waals surface area contributed by atoms with Crippen molar-refractivity contribution >= 4 is 5.97 Å². The number of furan rings is 1. The number of aromatic carboxylic acids is 1. The number of ether oxygens (including phenoxy) is 1. The first kappa shape index (κ1) is 12.2. The molecular weight excluding hydrogens is 220 g/mol. The quantitative estimate of drug-likeness (QED) is 0.774. The third kappa shape index (κ3) is 3.09. The molecule has 0 spiro atoms. The minimum absolute atomic E-state index is 0.0163. The van der Waals surface area contributed by atoms with E-state index in [0.29, 0.717) is 17.9 Å². The highest BCUT2D eigenvalue weighted by Gasteiger charge is 2.17. The third-order valence-electron chi connectivity index (χ3n) is 3.30. The van der Waals surface area contributed by atoms with E-state index in [1.807, 2.05) is 0 Å². The minimum atomic E-state index is -1.02. The van der Waals surface area contributed by atoms with Crippen LogP contribution in [0.4, 0.5) is 0 Å². The molecule has 0 saturated heterocycles. The summed E-state index contributed by atoms with van der Waals surface area (Å²) in [6, 6.07) is 1.73. The van der Waals surface area contributed by atoms with Gasteiger partial charge >= 0.3 is 5.97 Å². The lowest BCUT2D eigenvalue weighted by Crippen LogP contribution is -2.13. The average Bonchev–Trinajstić information content (AvgIpc) is 2.57. The van der Waals surface area contributed by atoms with Crippen molar-refractivity contribution in [1.29, 1.82) is 0 Å². The van der Waals surface area contributed by atoms with Crippen LogP contribution in [0.1, 0.15) is 47.6 Å². The van der Waals surface area contributed by atoms with Gasteiger partial charge in [-0.15, -0.1) is 0 Å². The Morgan fingerprint density at radius 1 is 1.59 bits per heavy atom. The Kier molecular flexibility index (Phi) is 3.84. The summed E-state index contributed by atoms with van der Waals surface area (Å²) in [5.74, 6) is 0.419. The maximum Gasteiger partial charge on any atom is 0.372 e. The molecule has 1 aromatic heterocycles. The Balaban J connectivity index is 1.74. The molecule has 1 aliphatic rings. The van der Waals surface area contributed by atoms with Crippen LogP contribution in [0.2, 0.25) is 0 Å². The van der Waals surface area contributed by atoms with Crippen molar-refractivity contribution in [1.82, 2.24) is 0 Å². The molecule has 0 amide bonds. The van der Waals surface area contributed by atoms with E-state index in [-0.39, 0.29) is 5.76 Å². The number of hydrogen-bond donors (Lipinski definition) is 1. The number of carbonyl (C=O) groups is 1. The summed E-state index contributed by atoms with van der Waals surface area (Å²) in [7, 11) is 0. The van der Waals surface area contributed by atoms with Gasteiger partial charge in [-0.3, -0.25) is 0 Å². The van der Waals surface area contributed by atoms with Gasteiger partial charge in [-0.05, 0) is 25.3 Å².